The van der Waals surface area contributed by atoms with Gasteiger partial charge >= 0.3 is 0 Å². The predicted octanol–water partition coefficient (Wildman–Crippen LogP) is 7.45. The summed E-state index contributed by atoms with van der Waals surface area (Å²) in [6, 6.07) is 33.0. The largest absolute Gasteiger partial charge is 0.473 e. The van der Waals surface area contributed by atoms with Crippen LogP contribution in [-0.2, 0) is 15.2 Å². The maximum atomic E-state index is 15.7. The van der Waals surface area contributed by atoms with Gasteiger partial charge in [0.25, 0.3) is 5.91 Å². The van der Waals surface area contributed by atoms with Crippen LogP contribution in [0.3, 0.4) is 0 Å². The third-order valence-corrected chi connectivity index (χ3v) is 10.6. The van der Waals surface area contributed by atoms with Crippen molar-refractivity contribution in [2.45, 2.75) is 51.6 Å². The number of Topliss-reactive ketones (excluding diaryl/α,β-unsaturated/α-hetero) is 1. The molecule has 7 rings (SSSR count). The number of fused-ring (bicyclic) bond motifs is 1. The van der Waals surface area contributed by atoms with Gasteiger partial charge in [-0.3, -0.25) is 24.6 Å². The number of benzene rings is 5. The average Bonchev–Trinajstić information content (AvgIpc) is 3.34. The van der Waals surface area contributed by atoms with Crippen LogP contribution in [0.15, 0.2) is 121 Å². The van der Waals surface area contributed by atoms with Crippen molar-refractivity contribution in [3.63, 3.8) is 0 Å². The first-order valence-corrected chi connectivity index (χ1v) is 17.2. The lowest BCUT2D eigenvalue weighted by Gasteiger charge is -2.49. The van der Waals surface area contributed by atoms with Crippen LogP contribution in [-0.4, -0.2) is 35.0 Å². The molecule has 3 N–H and O–H groups in total. The first-order valence-electron chi connectivity index (χ1n) is 16.9. The van der Waals surface area contributed by atoms with Gasteiger partial charge in [-0.15, -0.1) is 0 Å². The van der Waals surface area contributed by atoms with E-state index in [1.807, 2.05) is 76.2 Å². The van der Waals surface area contributed by atoms with E-state index in [0.717, 1.165) is 22.3 Å². The first-order chi connectivity index (χ1) is 24.5. The molecule has 51 heavy (non-hydrogen) atoms. The second-order valence-corrected chi connectivity index (χ2v) is 13.8. The topological polar surface area (TPSA) is 108 Å². The highest BCUT2D eigenvalue weighted by Crippen LogP contribution is 2.59. The summed E-state index contributed by atoms with van der Waals surface area (Å²) in [7, 11) is 0. The number of nitrogens with zero attached hydrogens (tertiary/aromatic N) is 1. The molecule has 9 heteroatoms. The van der Waals surface area contributed by atoms with Crippen LogP contribution in [0.1, 0.15) is 51.1 Å². The Kier molecular flexibility index (Phi) is 8.79. The molecule has 2 heterocycles. The van der Waals surface area contributed by atoms with Gasteiger partial charge in [0.05, 0.1) is 5.56 Å². The number of carbonyl (C=O) groups excluding carboxylic acids is 3. The van der Waals surface area contributed by atoms with Gasteiger partial charge in [-0.2, -0.15) is 0 Å². The quantitative estimate of drug-likeness (QED) is 0.163. The summed E-state index contributed by atoms with van der Waals surface area (Å²) in [6.45, 7) is 7.56. The highest BCUT2D eigenvalue weighted by molar-refractivity contribution is 6.31. The fourth-order valence-corrected chi connectivity index (χ4v) is 7.74. The van der Waals surface area contributed by atoms with Gasteiger partial charge < -0.3 is 15.2 Å². The third-order valence-electron chi connectivity index (χ3n) is 10.3. The molecule has 0 unspecified atom stereocenters. The van der Waals surface area contributed by atoms with E-state index in [-0.39, 0.29) is 22.6 Å². The van der Waals surface area contributed by atoms with Gasteiger partial charge in [0.1, 0.15) is 11.8 Å². The van der Waals surface area contributed by atoms with Gasteiger partial charge in [0.2, 0.25) is 5.91 Å². The Morgan fingerprint density at radius 3 is 2.25 bits per heavy atom. The van der Waals surface area contributed by atoms with Gasteiger partial charge in [-0.1, -0.05) is 102 Å². The van der Waals surface area contributed by atoms with Crippen LogP contribution < -0.4 is 20.3 Å². The summed E-state index contributed by atoms with van der Waals surface area (Å²) in [4.78, 5) is 47.5. The average molecular weight is 700 g/mol. The number of amides is 2. The zero-order valence-corrected chi connectivity index (χ0v) is 29.4. The number of halogens is 1. The molecule has 0 aliphatic carbocycles. The Morgan fingerprint density at radius 2 is 1.55 bits per heavy atom. The highest BCUT2D eigenvalue weighted by atomic mass is 35.5. The van der Waals surface area contributed by atoms with Crippen LogP contribution in [0.5, 0.6) is 5.75 Å². The minimum Gasteiger partial charge on any atom is -0.473 e. The molecule has 2 aliphatic rings. The number of ketones is 1. The van der Waals surface area contributed by atoms with Crippen molar-refractivity contribution in [2.75, 3.05) is 10.2 Å². The second kappa shape index (κ2) is 13.1. The van der Waals surface area contributed by atoms with Crippen molar-refractivity contribution in [1.29, 1.82) is 0 Å². The monoisotopic (exact) mass is 699 g/mol. The van der Waals surface area contributed by atoms with Crippen LogP contribution in [0.4, 0.5) is 11.4 Å². The van der Waals surface area contributed by atoms with Gasteiger partial charge in [-0.25, -0.2) is 0 Å². The molecular weight excluding hydrogens is 662 g/mol. The van der Waals surface area contributed by atoms with Crippen LogP contribution in [0, 0.1) is 26.2 Å². The lowest BCUT2D eigenvalue weighted by Crippen LogP contribution is -2.70. The molecule has 1 spiro atoms. The SMILES string of the molecule is Cc1ccc2c(c1)C(=O)[C@]1([C@@H](N[C@@H](C)c3ccccc3)O2)[C@@H](C(=O)Nc2cccc(C)c2C)N(c2cccc(Cl)c2)C(=O)[C@]1(O)c1ccccc1. The molecule has 5 aromatic carbocycles. The van der Waals surface area contributed by atoms with E-state index in [1.165, 1.54) is 4.90 Å². The molecule has 0 bridgehead atoms. The zero-order chi connectivity index (χ0) is 36.1. The summed E-state index contributed by atoms with van der Waals surface area (Å²) in [5.41, 5.74) is -0.492. The molecule has 1 fully saturated rings. The number of rotatable bonds is 7. The maximum absolute atomic E-state index is 15.7. The molecule has 5 atom stereocenters. The van der Waals surface area contributed by atoms with Crippen molar-refractivity contribution < 1.29 is 24.2 Å². The maximum Gasteiger partial charge on any atom is 0.265 e. The molecule has 2 amide bonds. The summed E-state index contributed by atoms with van der Waals surface area (Å²) in [6.07, 6.45) is -1.40. The van der Waals surface area contributed by atoms with E-state index >= 15 is 14.4 Å². The lowest BCUT2D eigenvalue weighted by atomic mass is 9.60. The van der Waals surface area contributed by atoms with Gasteiger partial charge in [-0.05, 0) is 86.3 Å². The normalized spacial score (nSPS) is 23.1. The van der Waals surface area contributed by atoms with Crippen LogP contribution in [0.2, 0.25) is 5.02 Å². The number of carbonyl (C=O) groups is 3. The number of nitrogens with one attached hydrogen (secondary N) is 2. The Balaban J connectivity index is 1.56. The third kappa shape index (κ3) is 5.42. The minimum absolute atomic E-state index is 0.135. The molecule has 1 saturated heterocycles. The van der Waals surface area contributed by atoms with Gasteiger partial charge in [0, 0.05) is 22.4 Å². The number of ether oxygens (including phenoxy) is 1. The van der Waals surface area contributed by atoms with Crippen molar-refractivity contribution in [3.8, 4) is 5.75 Å². The molecule has 5 aromatic rings. The molecule has 0 saturated carbocycles. The standard InChI is InChI=1S/C42H38ClN3O5/c1-25-21-22-35-33(23-25)37(47)41(39(51-35)44-28(4)29-14-7-5-8-15-29)36(38(48)45-34-20-11-13-26(2)27(34)3)46(32-19-12-18-31(43)24-32)40(49)42(41,50)30-16-9-6-10-17-30/h5-24,28,36,39,44,50H,1-4H3,(H,45,48)/t28-,36+,39-,41-,42+/m0/s1. The van der Waals surface area contributed by atoms with Crippen molar-refractivity contribution in [3.05, 3.63) is 160 Å². The Morgan fingerprint density at radius 1 is 0.863 bits per heavy atom. The van der Waals surface area contributed by atoms with E-state index in [0.29, 0.717) is 10.7 Å². The van der Waals surface area contributed by atoms with Crippen LogP contribution in [0.25, 0.3) is 0 Å². The minimum atomic E-state index is -2.62. The van der Waals surface area contributed by atoms with E-state index < -0.39 is 46.9 Å². The van der Waals surface area contributed by atoms with E-state index in [4.69, 9.17) is 16.3 Å². The molecule has 2 aliphatic heterocycles. The number of hydrogen-bond donors (Lipinski definition) is 3. The van der Waals surface area contributed by atoms with Crippen molar-refractivity contribution >= 4 is 40.6 Å². The molecule has 0 aromatic heterocycles. The number of anilines is 2. The van der Waals surface area contributed by atoms with E-state index in [9.17, 15) is 5.11 Å². The predicted molar refractivity (Wildman–Crippen MR) is 198 cm³/mol. The second-order valence-electron chi connectivity index (χ2n) is 13.4. The first kappa shape index (κ1) is 34.2. The van der Waals surface area contributed by atoms with E-state index in [1.54, 1.807) is 72.8 Å². The smallest absolute Gasteiger partial charge is 0.265 e. The number of aliphatic hydroxyl groups is 1. The Bertz CT molecular complexity index is 2160. The lowest BCUT2D eigenvalue weighted by molar-refractivity contribution is -0.156. The summed E-state index contributed by atoms with van der Waals surface area (Å²) < 4.78 is 6.76. The summed E-state index contributed by atoms with van der Waals surface area (Å²) >= 11 is 6.50. The zero-order valence-electron chi connectivity index (χ0n) is 28.7. The number of hydrogen-bond acceptors (Lipinski definition) is 6. The fourth-order valence-electron chi connectivity index (χ4n) is 7.55. The van der Waals surface area contributed by atoms with E-state index in [2.05, 4.69) is 10.6 Å². The summed E-state index contributed by atoms with van der Waals surface area (Å²) in [5.74, 6) is -1.90. The van der Waals surface area contributed by atoms with Crippen molar-refractivity contribution in [2.24, 2.45) is 5.41 Å². The molecule has 8 nitrogen and oxygen atoms in total. The molecular formula is C42H38ClN3O5. The van der Waals surface area contributed by atoms with Gasteiger partial charge in [0.15, 0.2) is 23.0 Å². The Hall–Kier alpha value is -5.28. The number of aryl methyl sites for hydroxylation is 2. The summed E-state index contributed by atoms with van der Waals surface area (Å²) in [5, 5.41) is 20.3. The molecule has 258 valence electrons. The van der Waals surface area contributed by atoms with Crippen LogP contribution >= 0.6 is 11.6 Å². The Labute approximate surface area is 302 Å². The fraction of sp³-hybridized carbons (Fsp3) is 0.214. The highest BCUT2D eigenvalue weighted by Gasteiger charge is 2.80. The molecule has 0 radical (unpaired) electrons. The van der Waals surface area contributed by atoms with Crippen molar-refractivity contribution in [1.82, 2.24) is 5.32 Å².